The average molecular weight is 299 g/mol. The van der Waals surface area contributed by atoms with E-state index in [9.17, 15) is 0 Å². The van der Waals surface area contributed by atoms with Crippen LogP contribution in [0.3, 0.4) is 0 Å². The lowest BCUT2D eigenvalue weighted by atomic mass is 9.97. The van der Waals surface area contributed by atoms with Crippen LogP contribution in [0.25, 0.3) is 0 Å². The number of hydrogen-bond donors (Lipinski definition) is 2. The maximum absolute atomic E-state index is 4.44. The highest BCUT2D eigenvalue weighted by molar-refractivity contribution is 9.10. The minimum atomic E-state index is 0.242. The molecule has 94 valence electrons. The number of fused-ring (bicyclic) bond motifs is 1. The van der Waals surface area contributed by atoms with E-state index in [-0.39, 0.29) is 5.41 Å². The zero-order chi connectivity index (χ0) is 12.5. The molecule has 1 aliphatic heterocycles. The Morgan fingerprint density at radius 1 is 1.35 bits per heavy atom. The molecule has 0 aliphatic carbocycles. The predicted molar refractivity (Wildman–Crippen MR) is 73.1 cm³/mol. The SMILES string of the molecule is CC(C)(C)CNc1nc(Br)nc2c1CNCC2. The van der Waals surface area contributed by atoms with Crippen molar-refractivity contribution in [1.82, 2.24) is 15.3 Å². The number of aromatic nitrogens is 2. The van der Waals surface area contributed by atoms with Crippen LogP contribution in [-0.2, 0) is 13.0 Å². The number of nitrogens with zero attached hydrogens (tertiary/aromatic N) is 2. The van der Waals surface area contributed by atoms with E-state index >= 15 is 0 Å². The molecule has 0 atom stereocenters. The number of nitrogens with one attached hydrogen (secondary N) is 2. The molecule has 0 aromatic carbocycles. The van der Waals surface area contributed by atoms with E-state index in [0.29, 0.717) is 4.73 Å². The molecule has 0 spiro atoms. The van der Waals surface area contributed by atoms with E-state index in [4.69, 9.17) is 0 Å². The highest BCUT2D eigenvalue weighted by Crippen LogP contribution is 2.23. The average Bonchev–Trinajstić information content (AvgIpc) is 2.24. The summed E-state index contributed by atoms with van der Waals surface area (Å²) in [7, 11) is 0. The van der Waals surface area contributed by atoms with Crippen LogP contribution in [0.2, 0.25) is 0 Å². The molecule has 2 heterocycles. The van der Waals surface area contributed by atoms with Gasteiger partial charge in [0.1, 0.15) is 5.82 Å². The lowest BCUT2D eigenvalue weighted by molar-refractivity contribution is 0.442. The van der Waals surface area contributed by atoms with Gasteiger partial charge >= 0.3 is 0 Å². The molecule has 1 aliphatic rings. The standard InChI is InChI=1S/C12H19BrN4/c1-12(2,3)7-15-10-8-6-14-5-4-9(8)16-11(13)17-10/h14H,4-7H2,1-3H3,(H,15,16,17). The van der Waals surface area contributed by atoms with E-state index in [1.54, 1.807) is 0 Å². The fourth-order valence-corrected chi connectivity index (χ4v) is 2.20. The van der Waals surface area contributed by atoms with Crippen molar-refractivity contribution >= 4 is 21.7 Å². The molecule has 4 nitrogen and oxygen atoms in total. The number of halogens is 1. The molecule has 1 aromatic rings. The molecule has 0 radical (unpaired) electrons. The second-order valence-electron chi connectivity index (χ2n) is 5.61. The van der Waals surface area contributed by atoms with Crippen molar-refractivity contribution in [3.63, 3.8) is 0 Å². The highest BCUT2D eigenvalue weighted by Gasteiger charge is 2.18. The van der Waals surface area contributed by atoms with Crippen molar-refractivity contribution in [1.29, 1.82) is 0 Å². The van der Waals surface area contributed by atoms with Crippen LogP contribution in [0, 0.1) is 5.41 Å². The first-order valence-corrected chi connectivity index (χ1v) is 6.75. The first-order valence-electron chi connectivity index (χ1n) is 5.95. The minimum Gasteiger partial charge on any atom is -0.369 e. The van der Waals surface area contributed by atoms with Crippen molar-refractivity contribution in [3.05, 3.63) is 16.0 Å². The maximum atomic E-state index is 4.44. The van der Waals surface area contributed by atoms with Crippen molar-refractivity contribution in [2.24, 2.45) is 5.41 Å². The van der Waals surface area contributed by atoms with Gasteiger partial charge in [-0.1, -0.05) is 20.8 Å². The smallest absolute Gasteiger partial charge is 0.198 e. The molecule has 1 aromatic heterocycles. The van der Waals surface area contributed by atoms with Crippen molar-refractivity contribution in [3.8, 4) is 0 Å². The Kier molecular flexibility index (Phi) is 3.68. The molecule has 5 heteroatoms. The maximum Gasteiger partial charge on any atom is 0.198 e. The fraction of sp³-hybridized carbons (Fsp3) is 0.667. The topological polar surface area (TPSA) is 49.8 Å². The van der Waals surface area contributed by atoms with Gasteiger partial charge in [-0.2, -0.15) is 0 Å². The minimum absolute atomic E-state index is 0.242. The van der Waals surface area contributed by atoms with Gasteiger partial charge in [-0.15, -0.1) is 0 Å². The summed E-state index contributed by atoms with van der Waals surface area (Å²) in [6, 6.07) is 0. The third-order valence-corrected chi connectivity index (χ3v) is 3.05. The highest BCUT2D eigenvalue weighted by atomic mass is 79.9. The molecule has 0 amide bonds. The van der Waals surface area contributed by atoms with Crippen LogP contribution < -0.4 is 10.6 Å². The summed E-state index contributed by atoms with van der Waals surface area (Å²) in [5.41, 5.74) is 2.61. The summed E-state index contributed by atoms with van der Waals surface area (Å²) in [4.78, 5) is 8.89. The Bertz CT molecular complexity index is 412. The van der Waals surface area contributed by atoms with Crippen LogP contribution in [0.4, 0.5) is 5.82 Å². The molecule has 0 unspecified atom stereocenters. The second kappa shape index (κ2) is 4.90. The lowest BCUT2D eigenvalue weighted by Gasteiger charge is -2.23. The third kappa shape index (κ3) is 3.39. The summed E-state index contributed by atoms with van der Waals surface area (Å²) in [5.74, 6) is 0.962. The van der Waals surface area contributed by atoms with E-state index in [0.717, 1.165) is 37.6 Å². The van der Waals surface area contributed by atoms with E-state index in [1.165, 1.54) is 5.56 Å². The van der Waals surface area contributed by atoms with Gasteiger partial charge in [0.05, 0.1) is 5.69 Å². The first kappa shape index (κ1) is 12.8. The summed E-state index contributed by atoms with van der Waals surface area (Å²) in [6.45, 7) is 9.38. The van der Waals surface area contributed by atoms with E-state index in [1.807, 2.05) is 0 Å². The summed E-state index contributed by atoms with van der Waals surface area (Å²) in [5, 5.41) is 6.80. The Hall–Kier alpha value is -0.680. The van der Waals surface area contributed by atoms with Gasteiger partial charge in [-0.25, -0.2) is 9.97 Å². The van der Waals surface area contributed by atoms with Gasteiger partial charge in [-0.3, -0.25) is 0 Å². The Morgan fingerprint density at radius 3 is 2.82 bits per heavy atom. The molecule has 2 N–H and O–H groups in total. The van der Waals surface area contributed by atoms with Gasteiger partial charge in [0.25, 0.3) is 0 Å². The van der Waals surface area contributed by atoms with Gasteiger partial charge in [0.2, 0.25) is 0 Å². The molecular formula is C12H19BrN4. The van der Waals surface area contributed by atoms with Gasteiger partial charge in [0.15, 0.2) is 4.73 Å². The second-order valence-corrected chi connectivity index (χ2v) is 6.32. The lowest BCUT2D eigenvalue weighted by Crippen LogP contribution is -2.28. The number of hydrogen-bond acceptors (Lipinski definition) is 4. The van der Waals surface area contributed by atoms with Crippen LogP contribution in [0.15, 0.2) is 4.73 Å². The first-order chi connectivity index (χ1) is 7.96. The Balaban J connectivity index is 2.23. The molecule has 0 fully saturated rings. The van der Waals surface area contributed by atoms with Crippen molar-refractivity contribution in [2.45, 2.75) is 33.7 Å². The fourth-order valence-electron chi connectivity index (χ4n) is 1.81. The quantitative estimate of drug-likeness (QED) is 0.823. The molecule has 0 saturated heterocycles. The van der Waals surface area contributed by atoms with E-state index in [2.05, 4.69) is 57.3 Å². The molecular weight excluding hydrogens is 280 g/mol. The van der Waals surface area contributed by atoms with Gasteiger partial charge in [-0.05, 0) is 21.3 Å². The van der Waals surface area contributed by atoms with Crippen LogP contribution in [0.1, 0.15) is 32.0 Å². The molecule has 17 heavy (non-hydrogen) atoms. The zero-order valence-corrected chi connectivity index (χ0v) is 12.2. The number of rotatable bonds is 2. The van der Waals surface area contributed by atoms with Gasteiger partial charge < -0.3 is 10.6 Å². The number of anilines is 1. The third-order valence-electron chi connectivity index (χ3n) is 2.69. The zero-order valence-electron chi connectivity index (χ0n) is 10.6. The van der Waals surface area contributed by atoms with Gasteiger partial charge in [0, 0.05) is 31.6 Å². The van der Waals surface area contributed by atoms with Crippen molar-refractivity contribution < 1.29 is 0 Å². The van der Waals surface area contributed by atoms with E-state index < -0.39 is 0 Å². The summed E-state index contributed by atoms with van der Waals surface area (Å²) in [6.07, 6.45) is 0.973. The summed E-state index contributed by atoms with van der Waals surface area (Å²) < 4.78 is 0.676. The largest absolute Gasteiger partial charge is 0.369 e. The molecule has 0 bridgehead atoms. The Labute approximate surface area is 111 Å². The van der Waals surface area contributed by atoms with Crippen molar-refractivity contribution in [2.75, 3.05) is 18.4 Å². The Morgan fingerprint density at radius 2 is 2.12 bits per heavy atom. The van der Waals surface area contributed by atoms with Crippen LogP contribution in [-0.4, -0.2) is 23.1 Å². The summed E-state index contributed by atoms with van der Waals surface area (Å²) >= 11 is 3.38. The molecule has 0 saturated carbocycles. The van der Waals surface area contributed by atoms with Crippen LogP contribution >= 0.6 is 15.9 Å². The monoisotopic (exact) mass is 298 g/mol. The van der Waals surface area contributed by atoms with Crippen LogP contribution in [0.5, 0.6) is 0 Å². The predicted octanol–water partition coefficient (Wildman–Crippen LogP) is 2.34. The normalized spacial score (nSPS) is 15.5. The molecule has 2 rings (SSSR count).